The SMILES string of the molecule is NCCC1CCCCN1c1nccc2sccc12. The number of piperidine rings is 1. The van der Waals surface area contributed by atoms with E-state index >= 15 is 0 Å². The molecule has 0 saturated carbocycles. The Morgan fingerprint density at radius 3 is 3.22 bits per heavy atom. The Labute approximate surface area is 112 Å². The van der Waals surface area contributed by atoms with Crippen molar-refractivity contribution in [1.29, 1.82) is 0 Å². The van der Waals surface area contributed by atoms with Gasteiger partial charge in [-0.25, -0.2) is 4.98 Å². The van der Waals surface area contributed by atoms with Gasteiger partial charge >= 0.3 is 0 Å². The van der Waals surface area contributed by atoms with E-state index in [-0.39, 0.29) is 0 Å². The summed E-state index contributed by atoms with van der Waals surface area (Å²) < 4.78 is 1.33. The molecule has 2 aromatic heterocycles. The summed E-state index contributed by atoms with van der Waals surface area (Å²) in [5.74, 6) is 1.16. The van der Waals surface area contributed by atoms with Gasteiger partial charge < -0.3 is 10.6 Å². The van der Waals surface area contributed by atoms with Crippen LogP contribution >= 0.6 is 11.3 Å². The molecule has 3 rings (SSSR count). The summed E-state index contributed by atoms with van der Waals surface area (Å²) in [4.78, 5) is 7.10. The molecule has 2 aromatic rings. The van der Waals surface area contributed by atoms with Crippen molar-refractivity contribution in [3.05, 3.63) is 23.7 Å². The summed E-state index contributed by atoms with van der Waals surface area (Å²) in [6.45, 7) is 1.88. The number of rotatable bonds is 3. The van der Waals surface area contributed by atoms with Gasteiger partial charge in [-0.05, 0) is 49.7 Å². The first-order chi connectivity index (χ1) is 8.90. The number of thiophene rings is 1. The topological polar surface area (TPSA) is 42.1 Å². The minimum absolute atomic E-state index is 0.571. The van der Waals surface area contributed by atoms with E-state index in [1.165, 1.54) is 29.3 Å². The number of nitrogens with zero attached hydrogens (tertiary/aromatic N) is 2. The quantitative estimate of drug-likeness (QED) is 0.923. The molecular formula is C14H19N3S. The largest absolute Gasteiger partial charge is 0.353 e. The molecule has 0 aromatic carbocycles. The molecule has 4 heteroatoms. The van der Waals surface area contributed by atoms with Crippen molar-refractivity contribution in [1.82, 2.24) is 4.98 Å². The Bertz CT molecular complexity index is 520. The highest BCUT2D eigenvalue weighted by atomic mass is 32.1. The Hall–Kier alpha value is -1.13. The first-order valence-electron chi connectivity index (χ1n) is 6.69. The van der Waals surface area contributed by atoms with Crippen molar-refractivity contribution < 1.29 is 0 Å². The molecule has 1 unspecified atom stereocenters. The minimum atomic E-state index is 0.571. The highest BCUT2D eigenvalue weighted by Gasteiger charge is 2.24. The molecule has 1 fully saturated rings. The third-order valence-corrected chi connectivity index (χ3v) is 4.64. The van der Waals surface area contributed by atoms with Crippen molar-refractivity contribution in [3.8, 4) is 0 Å². The lowest BCUT2D eigenvalue weighted by Crippen LogP contribution is -2.41. The van der Waals surface area contributed by atoms with E-state index in [0.29, 0.717) is 6.04 Å². The maximum atomic E-state index is 5.75. The molecule has 1 aliphatic rings. The third-order valence-electron chi connectivity index (χ3n) is 3.76. The number of hydrogen-bond acceptors (Lipinski definition) is 4. The minimum Gasteiger partial charge on any atom is -0.353 e. The average Bonchev–Trinajstić information content (AvgIpc) is 2.88. The van der Waals surface area contributed by atoms with Crippen LogP contribution in [0.2, 0.25) is 0 Å². The third kappa shape index (κ3) is 2.10. The Morgan fingerprint density at radius 1 is 1.39 bits per heavy atom. The van der Waals surface area contributed by atoms with Gasteiger partial charge in [-0.3, -0.25) is 0 Å². The molecule has 1 saturated heterocycles. The molecule has 0 amide bonds. The molecule has 2 N–H and O–H groups in total. The van der Waals surface area contributed by atoms with E-state index in [0.717, 1.165) is 25.3 Å². The summed E-state index contributed by atoms with van der Waals surface area (Å²) in [7, 11) is 0. The highest BCUT2D eigenvalue weighted by Crippen LogP contribution is 2.32. The Morgan fingerprint density at radius 2 is 2.33 bits per heavy atom. The van der Waals surface area contributed by atoms with Gasteiger partial charge in [-0.15, -0.1) is 11.3 Å². The van der Waals surface area contributed by atoms with Gasteiger partial charge in [0, 0.05) is 28.9 Å². The molecule has 3 nitrogen and oxygen atoms in total. The zero-order valence-electron chi connectivity index (χ0n) is 10.5. The molecule has 96 valence electrons. The van der Waals surface area contributed by atoms with Crippen LogP contribution in [-0.2, 0) is 0 Å². The van der Waals surface area contributed by atoms with Gasteiger partial charge in [-0.2, -0.15) is 0 Å². The first kappa shape index (κ1) is 11.9. The van der Waals surface area contributed by atoms with E-state index in [4.69, 9.17) is 5.73 Å². The zero-order chi connectivity index (χ0) is 12.4. The highest BCUT2D eigenvalue weighted by molar-refractivity contribution is 7.17. The molecule has 0 aliphatic carbocycles. The maximum absolute atomic E-state index is 5.75. The fraction of sp³-hybridized carbons (Fsp3) is 0.500. The number of aromatic nitrogens is 1. The monoisotopic (exact) mass is 261 g/mol. The second-order valence-corrected chi connectivity index (χ2v) is 5.84. The van der Waals surface area contributed by atoms with Crippen LogP contribution in [0.5, 0.6) is 0 Å². The van der Waals surface area contributed by atoms with Crippen molar-refractivity contribution in [2.75, 3.05) is 18.0 Å². The number of anilines is 1. The van der Waals surface area contributed by atoms with Crippen LogP contribution in [0, 0.1) is 0 Å². The normalized spacial score (nSPS) is 20.5. The van der Waals surface area contributed by atoms with Crippen LogP contribution < -0.4 is 10.6 Å². The van der Waals surface area contributed by atoms with Gasteiger partial charge in [0.2, 0.25) is 0 Å². The van der Waals surface area contributed by atoms with Crippen LogP contribution in [0.25, 0.3) is 10.1 Å². The molecule has 18 heavy (non-hydrogen) atoms. The Balaban J connectivity index is 1.98. The number of hydrogen-bond donors (Lipinski definition) is 1. The van der Waals surface area contributed by atoms with Crippen LogP contribution in [-0.4, -0.2) is 24.1 Å². The molecule has 3 heterocycles. The summed E-state index contributed by atoms with van der Waals surface area (Å²) >= 11 is 1.79. The fourth-order valence-corrected chi connectivity index (χ4v) is 3.66. The van der Waals surface area contributed by atoms with Crippen molar-refractivity contribution in [3.63, 3.8) is 0 Å². The summed E-state index contributed by atoms with van der Waals surface area (Å²) in [6.07, 6.45) is 6.84. The van der Waals surface area contributed by atoms with Gasteiger partial charge in [0.25, 0.3) is 0 Å². The lowest BCUT2D eigenvalue weighted by molar-refractivity contribution is 0.440. The molecule has 0 radical (unpaired) electrons. The standard InChI is InChI=1S/C14H19N3S/c15-7-4-11-3-1-2-9-17(11)14-12-6-10-18-13(12)5-8-16-14/h5-6,8,10-11H,1-4,7,9,15H2. The molecule has 1 atom stereocenters. The van der Waals surface area contributed by atoms with Crippen LogP contribution in [0.15, 0.2) is 23.7 Å². The summed E-state index contributed by atoms with van der Waals surface area (Å²) in [5, 5.41) is 3.45. The maximum Gasteiger partial charge on any atom is 0.137 e. The van der Waals surface area contributed by atoms with Gasteiger partial charge in [0.05, 0.1) is 0 Å². The summed E-state index contributed by atoms with van der Waals surface area (Å²) in [6, 6.07) is 4.86. The Kier molecular flexibility index (Phi) is 3.48. The number of nitrogens with two attached hydrogens (primary N) is 1. The van der Waals surface area contributed by atoms with Crippen LogP contribution in [0.4, 0.5) is 5.82 Å². The lowest BCUT2D eigenvalue weighted by Gasteiger charge is -2.37. The van der Waals surface area contributed by atoms with Crippen LogP contribution in [0.3, 0.4) is 0 Å². The second kappa shape index (κ2) is 5.24. The molecule has 0 spiro atoms. The van der Waals surface area contributed by atoms with E-state index in [9.17, 15) is 0 Å². The summed E-state index contributed by atoms with van der Waals surface area (Å²) in [5.41, 5.74) is 5.75. The predicted molar refractivity (Wildman–Crippen MR) is 78.3 cm³/mol. The van der Waals surface area contributed by atoms with E-state index in [1.807, 2.05) is 6.20 Å². The smallest absolute Gasteiger partial charge is 0.137 e. The fourth-order valence-electron chi connectivity index (χ4n) is 2.88. The van der Waals surface area contributed by atoms with Crippen LogP contribution in [0.1, 0.15) is 25.7 Å². The predicted octanol–water partition coefficient (Wildman–Crippen LogP) is 3.00. The number of fused-ring (bicyclic) bond motifs is 1. The van der Waals surface area contributed by atoms with Gasteiger partial charge in [0.1, 0.15) is 5.82 Å². The lowest BCUT2D eigenvalue weighted by atomic mass is 9.99. The molecule has 1 aliphatic heterocycles. The number of pyridine rings is 1. The first-order valence-corrected chi connectivity index (χ1v) is 7.57. The zero-order valence-corrected chi connectivity index (χ0v) is 11.3. The molecular weight excluding hydrogens is 242 g/mol. The van der Waals surface area contributed by atoms with Crippen molar-refractivity contribution in [2.24, 2.45) is 5.73 Å². The van der Waals surface area contributed by atoms with Crippen molar-refractivity contribution in [2.45, 2.75) is 31.7 Å². The second-order valence-electron chi connectivity index (χ2n) is 4.89. The average molecular weight is 261 g/mol. The van der Waals surface area contributed by atoms with E-state index in [2.05, 4.69) is 27.4 Å². The van der Waals surface area contributed by atoms with Gasteiger partial charge in [0.15, 0.2) is 0 Å². The van der Waals surface area contributed by atoms with Gasteiger partial charge in [-0.1, -0.05) is 0 Å². The van der Waals surface area contributed by atoms with E-state index < -0.39 is 0 Å². The van der Waals surface area contributed by atoms with E-state index in [1.54, 1.807) is 11.3 Å². The van der Waals surface area contributed by atoms with Crippen molar-refractivity contribution >= 4 is 27.2 Å². The molecule has 0 bridgehead atoms.